The SMILES string of the molecule is S.S.[2H]C([2H])(Cl)[C@@]([2H])(OC(C)=O)C([2H])([2H])NC(C)=O.[2H]C1([2H])SC([2H])([2H])C([2H])([2H])N(c2c(F)cc(N3C(=O)O[C@@]([2H])(C([2H])([2H])NC(C)=O)C3([2H])[2H])cc2F)C1([2H])[2H].[2H]C1([2H])SC([2H])([2H])C([2H])([2H])N(c2c(F)cc(NC(=O)OCC(C)C)cc2F)C1([2H])[2H]. The molecule has 2 aromatic carbocycles. The minimum absolute atomic E-state index is 0. The van der Waals surface area contributed by atoms with Gasteiger partial charge in [0.2, 0.25) is 11.8 Å². The normalized spacial score (nSPS) is 32.4. The number of ether oxygens (including phenoxy) is 3. The van der Waals surface area contributed by atoms with E-state index in [9.17, 15) is 32.8 Å². The highest BCUT2D eigenvalue weighted by atomic mass is 35.5. The summed E-state index contributed by atoms with van der Waals surface area (Å²) in [5, 5.41) is 5.37. The Balaban J connectivity index is 0.000000691. The Morgan fingerprint density at radius 3 is 1.80 bits per heavy atom. The van der Waals surface area contributed by atoms with Crippen LogP contribution in [0.2, 0.25) is 0 Å². The van der Waals surface area contributed by atoms with Gasteiger partial charge in [-0.25, -0.2) is 27.2 Å². The molecule has 3 N–H and O–H groups in total. The van der Waals surface area contributed by atoms with Gasteiger partial charge in [-0.1, -0.05) is 13.8 Å². The first-order valence-corrected chi connectivity index (χ1v) is 18.0. The van der Waals surface area contributed by atoms with E-state index in [0.717, 1.165) is 20.8 Å². The van der Waals surface area contributed by atoms with Crippen molar-refractivity contribution in [3.63, 3.8) is 0 Å². The van der Waals surface area contributed by atoms with E-state index in [4.69, 9.17) is 52.0 Å². The van der Waals surface area contributed by atoms with Gasteiger partial charge in [0.15, 0.2) is 23.3 Å². The van der Waals surface area contributed by atoms with Crippen LogP contribution in [0.25, 0.3) is 0 Å². The Kier molecular flexibility index (Phi) is 12.1. The summed E-state index contributed by atoms with van der Waals surface area (Å²) in [5.74, 6) is -12.9. The van der Waals surface area contributed by atoms with E-state index in [1.165, 1.54) is 0 Å². The summed E-state index contributed by atoms with van der Waals surface area (Å²) in [6.45, 7) is -17.4. The molecule has 0 saturated carbocycles. The van der Waals surface area contributed by atoms with Gasteiger partial charge in [-0.05, 0) is 18.1 Å². The molecule has 0 bridgehead atoms. The molecule has 3 fully saturated rings. The van der Waals surface area contributed by atoms with Crippen LogP contribution in [-0.2, 0) is 28.6 Å². The molecule has 0 radical (unpaired) electrons. The monoisotopic (exact) mass is 988 g/mol. The number of nitrogens with zero attached hydrogens (tertiary/aromatic N) is 3. The molecule has 14 nitrogen and oxygen atoms in total. The highest BCUT2D eigenvalue weighted by Gasteiger charge is 2.34. The van der Waals surface area contributed by atoms with Gasteiger partial charge in [0.05, 0.1) is 59.5 Å². The number of thioether (sulfide) groups is 2. The van der Waals surface area contributed by atoms with Gasteiger partial charge in [-0.15, -0.1) is 11.6 Å². The van der Waals surface area contributed by atoms with Gasteiger partial charge in [0, 0.05) is 101 Å². The maximum Gasteiger partial charge on any atom is 0.414 e. The van der Waals surface area contributed by atoms with Crippen molar-refractivity contribution in [2.75, 3.05) is 101 Å². The molecule has 4 amide bonds. The van der Waals surface area contributed by atoms with Crippen molar-refractivity contribution in [2.24, 2.45) is 5.92 Å². The van der Waals surface area contributed by atoms with Gasteiger partial charge in [0.1, 0.15) is 23.5 Å². The Bertz CT molecular complexity index is 2860. The molecule has 3 saturated heterocycles. The molecule has 0 aliphatic carbocycles. The molecule has 3 aliphatic heterocycles. The second-order valence-corrected chi connectivity index (χ2v) is 12.6. The Labute approximate surface area is 417 Å². The molecular weight excluding hydrogens is 908 g/mol. The van der Waals surface area contributed by atoms with Crippen molar-refractivity contribution >= 4 is 115 Å². The molecule has 2 aromatic rings. The third-order valence-electron chi connectivity index (χ3n) is 5.97. The fourth-order valence-corrected chi connectivity index (χ4v) is 4.51. The van der Waals surface area contributed by atoms with E-state index in [1.807, 2.05) is 0 Å². The summed E-state index contributed by atoms with van der Waals surface area (Å²) in [6, 6.07) is 1.54. The Morgan fingerprint density at radius 2 is 1.38 bits per heavy atom. The maximum absolute atomic E-state index is 15.4. The average Bonchev–Trinajstić information content (AvgIpc) is 3.44. The number of cyclic esters (lactones) is 1. The quantitative estimate of drug-likeness (QED) is 0.0957. The highest BCUT2D eigenvalue weighted by molar-refractivity contribution is 7.99. The number of alkyl halides is 1. The third-order valence-corrected chi connectivity index (χ3v) is 6.92. The van der Waals surface area contributed by atoms with Gasteiger partial charge in [-0.2, -0.15) is 50.5 Å². The summed E-state index contributed by atoms with van der Waals surface area (Å²) in [6.07, 6.45) is -9.43. The highest BCUT2D eigenvalue weighted by Crippen LogP contribution is 2.32. The smallest absolute Gasteiger partial charge is 0.414 e. The molecule has 344 valence electrons. The molecule has 0 spiro atoms. The second-order valence-electron chi connectivity index (χ2n) is 11.2. The standard InChI is InChI=1S/C16H19F2N3O3S.C15H20F2N2O2S.C7H12ClNO3.2H2S/c1-10(22)19-8-12-9-21(16(23)24-12)11-6-13(17)15(14(18)7-11)20-2-4-25-5-3-20;1-10(2)9-21-15(20)18-11-7-12(16)14(13(17)8-11)19-3-5-22-6-4-19;1-5(10)9-4-7(3-8)12-6(2)11;;/h6-7,12H,2-5,8-9H2,1H3,(H,19,22);7-8,10H,3-6,9H2,1-2H3,(H,18,20);7H,3-4H2,1-2H3,(H,9,10);2*1H2/t12-;;7-;;/m0.1../s1/i2D2,3D2,4D2,5D2,8D2,9D2,12D;3D2,4D2,5D2,6D2;3D2,4D2,7D;;. The van der Waals surface area contributed by atoms with Gasteiger partial charge in [0.25, 0.3) is 0 Å². The van der Waals surface area contributed by atoms with Crippen LogP contribution in [0.3, 0.4) is 0 Å². The zero-order valence-corrected chi connectivity index (χ0v) is 36.3. The number of anilines is 4. The topological polar surface area (TPSA) is 159 Å². The molecule has 3 aliphatic rings. The zero-order valence-electron chi connectivity index (χ0n) is 57.9. The molecule has 5 rings (SSSR count). The van der Waals surface area contributed by atoms with E-state index >= 15 is 8.78 Å². The van der Waals surface area contributed by atoms with Crippen LogP contribution in [0, 0.1) is 29.2 Å². The number of hydrogen-bond donors (Lipinski definition) is 3. The predicted octanol–water partition coefficient (Wildman–Crippen LogP) is 6.22. The van der Waals surface area contributed by atoms with Crippen LogP contribution in [0.5, 0.6) is 0 Å². The minimum atomic E-state index is -3.55. The Hall–Kier alpha value is -3.60. The minimum Gasteiger partial charge on any atom is -0.459 e. The van der Waals surface area contributed by atoms with E-state index < -0.39 is 167 Å². The molecule has 0 unspecified atom stereocenters. The van der Waals surface area contributed by atoms with E-state index in [1.54, 1.807) is 24.5 Å². The van der Waals surface area contributed by atoms with Crippen LogP contribution in [0.1, 0.15) is 70.3 Å². The molecule has 3 heterocycles. The Morgan fingerprint density at radius 1 is 0.902 bits per heavy atom. The van der Waals surface area contributed by atoms with Crippen molar-refractivity contribution in [3.8, 4) is 0 Å². The molecule has 23 heteroatoms. The first kappa shape index (κ1) is 26.3. The largest absolute Gasteiger partial charge is 0.459 e. The van der Waals surface area contributed by atoms with E-state index in [0.29, 0.717) is 12.1 Å². The number of esters is 1. The zero-order chi connectivity index (χ0) is 67.0. The number of nitrogens with one attached hydrogen (secondary N) is 3. The third kappa shape index (κ3) is 19.1. The van der Waals surface area contributed by atoms with Crippen molar-refractivity contribution in [3.05, 3.63) is 47.5 Å². The first-order chi connectivity index (χ1) is 37.6. The van der Waals surface area contributed by atoms with Gasteiger partial charge < -0.3 is 34.6 Å². The van der Waals surface area contributed by atoms with Gasteiger partial charge >= 0.3 is 18.2 Å². The number of halogens is 5. The second kappa shape index (κ2) is 28.2. The van der Waals surface area contributed by atoms with Crippen molar-refractivity contribution in [1.29, 1.82) is 0 Å². The number of amides is 4. The van der Waals surface area contributed by atoms with Crippen molar-refractivity contribution in [1.82, 2.24) is 10.6 Å². The van der Waals surface area contributed by atoms with Crippen LogP contribution in [0.4, 0.5) is 49.9 Å². The van der Waals surface area contributed by atoms with Crippen LogP contribution in [-0.4, -0.2) is 123 Å². The molecular formula is C38H55ClF4N6O8S4. The lowest BCUT2D eigenvalue weighted by Gasteiger charge is -2.29. The van der Waals surface area contributed by atoms with Gasteiger partial charge in [-0.3, -0.25) is 24.6 Å². The number of hydrogen-bond acceptors (Lipinski definition) is 12. The molecule has 2 atom stereocenters. The number of carbonyl (C=O) groups excluding carboxylic acids is 5. The summed E-state index contributed by atoms with van der Waals surface area (Å²) in [5.41, 5.74) is -16.9. The number of carbonyl (C=O) groups is 5. The fraction of sp³-hybridized carbons (Fsp3) is 0.553. The van der Waals surface area contributed by atoms with E-state index in [2.05, 4.69) is 14.8 Å². The summed E-state index contributed by atoms with van der Waals surface area (Å²) < 4.78 is 278. The van der Waals surface area contributed by atoms with Crippen molar-refractivity contribution < 1.29 is 91.4 Å². The van der Waals surface area contributed by atoms with Crippen LogP contribution in [0.15, 0.2) is 24.3 Å². The first-order valence-electron chi connectivity index (χ1n) is 29.0. The molecule has 61 heavy (non-hydrogen) atoms. The number of rotatable bonds is 12. The maximum atomic E-state index is 15.4. The lowest BCUT2D eigenvalue weighted by Crippen LogP contribution is -2.34. The fourth-order valence-electron chi connectivity index (χ4n) is 3.77. The predicted molar refractivity (Wildman–Crippen MR) is 244 cm³/mol. The average molecular weight is 990 g/mol. The summed E-state index contributed by atoms with van der Waals surface area (Å²) >= 11 is 4.60. The lowest BCUT2D eigenvalue weighted by atomic mass is 10.2. The molecule has 0 aromatic heterocycles. The van der Waals surface area contributed by atoms with Crippen molar-refractivity contribution in [2.45, 2.75) is 46.8 Å². The van der Waals surface area contributed by atoms with E-state index in [-0.39, 0.29) is 85.0 Å². The van der Waals surface area contributed by atoms with Crippen LogP contribution >= 0.6 is 62.1 Å². The summed E-state index contributed by atoms with van der Waals surface area (Å²) in [4.78, 5) is 56.4. The van der Waals surface area contributed by atoms with Crippen LogP contribution < -0.4 is 30.7 Å². The number of benzene rings is 2. The lowest BCUT2D eigenvalue weighted by molar-refractivity contribution is -0.145. The summed E-state index contributed by atoms with van der Waals surface area (Å²) in [7, 11) is 0.